The van der Waals surface area contributed by atoms with E-state index in [0.717, 1.165) is 24.2 Å². The summed E-state index contributed by atoms with van der Waals surface area (Å²) in [4.78, 5) is 4.11. The van der Waals surface area contributed by atoms with Crippen molar-refractivity contribution >= 4 is 51.6 Å². The van der Waals surface area contributed by atoms with Crippen molar-refractivity contribution in [2.24, 2.45) is 10.9 Å². The molecule has 0 radical (unpaired) electrons. The van der Waals surface area contributed by atoms with Crippen molar-refractivity contribution in [2.75, 3.05) is 39.5 Å². The number of aliphatic imine (C=N–C) groups is 1. The van der Waals surface area contributed by atoms with Crippen LogP contribution in [0.25, 0.3) is 0 Å². The van der Waals surface area contributed by atoms with Gasteiger partial charge in [0, 0.05) is 31.7 Å². The first-order valence-electron chi connectivity index (χ1n) is 9.18. The molecule has 1 saturated carbocycles. The van der Waals surface area contributed by atoms with Crippen molar-refractivity contribution in [3.05, 3.63) is 28.8 Å². The first-order valence-corrected chi connectivity index (χ1v) is 11.2. The van der Waals surface area contributed by atoms with Crippen molar-refractivity contribution in [2.45, 2.75) is 25.7 Å². The molecule has 1 aromatic carbocycles. The summed E-state index contributed by atoms with van der Waals surface area (Å²) in [5.41, 5.74) is 1.00. The molecule has 28 heavy (non-hydrogen) atoms. The van der Waals surface area contributed by atoms with Crippen molar-refractivity contribution in [1.82, 2.24) is 15.4 Å². The zero-order valence-corrected chi connectivity index (χ0v) is 20.2. The van der Waals surface area contributed by atoms with Crippen LogP contribution >= 0.6 is 35.6 Å². The first kappa shape index (κ1) is 25.3. The summed E-state index contributed by atoms with van der Waals surface area (Å²) in [7, 11) is -0.00245. The highest BCUT2D eigenvalue weighted by Gasteiger charge is 2.20. The lowest BCUT2D eigenvalue weighted by molar-refractivity contribution is 0.316. The normalized spacial score (nSPS) is 14.8. The summed E-state index contributed by atoms with van der Waals surface area (Å²) in [5, 5.41) is 6.84. The molecule has 0 saturated heterocycles. The van der Waals surface area contributed by atoms with Crippen molar-refractivity contribution in [3.8, 4) is 5.75 Å². The van der Waals surface area contributed by atoms with Gasteiger partial charge in [-0.2, -0.15) is 0 Å². The van der Waals surface area contributed by atoms with Gasteiger partial charge in [-0.15, -0.1) is 24.0 Å². The molecule has 0 atom stereocenters. The van der Waals surface area contributed by atoms with E-state index < -0.39 is 10.0 Å². The van der Waals surface area contributed by atoms with Crippen LogP contribution in [0.3, 0.4) is 0 Å². The fourth-order valence-corrected chi connectivity index (χ4v) is 3.98. The molecule has 10 heteroatoms. The number of nitrogens with one attached hydrogen (secondary N) is 3. The second-order valence-electron chi connectivity index (χ2n) is 6.60. The summed E-state index contributed by atoms with van der Waals surface area (Å²) < 4.78 is 31.8. The average Bonchev–Trinajstić information content (AvgIpc) is 2.60. The van der Waals surface area contributed by atoms with Gasteiger partial charge in [-0.3, -0.25) is 4.99 Å². The zero-order chi connectivity index (χ0) is 19.7. The Morgan fingerprint density at radius 1 is 1.29 bits per heavy atom. The van der Waals surface area contributed by atoms with Crippen LogP contribution in [0.15, 0.2) is 23.2 Å². The molecule has 1 aliphatic carbocycles. The maximum atomic E-state index is 12.0. The summed E-state index contributed by atoms with van der Waals surface area (Å²) in [6.07, 6.45) is 4.16. The minimum Gasteiger partial charge on any atom is -0.497 e. The van der Waals surface area contributed by atoms with Gasteiger partial charge < -0.3 is 15.4 Å². The maximum Gasteiger partial charge on any atom is 0.213 e. The molecule has 0 aromatic heterocycles. The van der Waals surface area contributed by atoms with Crippen LogP contribution < -0.4 is 20.1 Å². The van der Waals surface area contributed by atoms with E-state index in [-0.39, 0.29) is 29.7 Å². The molecule has 0 spiro atoms. The molecule has 2 rings (SSSR count). The van der Waals surface area contributed by atoms with Gasteiger partial charge in [-0.25, -0.2) is 13.1 Å². The van der Waals surface area contributed by atoms with Gasteiger partial charge >= 0.3 is 0 Å². The molecule has 160 valence electrons. The number of halogens is 2. The highest BCUT2D eigenvalue weighted by molar-refractivity contribution is 14.0. The zero-order valence-electron chi connectivity index (χ0n) is 16.3. The van der Waals surface area contributed by atoms with E-state index >= 15 is 0 Å². The van der Waals surface area contributed by atoms with Crippen molar-refractivity contribution in [3.63, 3.8) is 0 Å². The van der Waals surface area contributed by atoms with E-state index in [9.17, 15) is 8.42 Å². The fourth-order valence-electron chi connectivity index (χ4n) is 2.71. The minimum atomic E-state index is -3.26. The highest BCUT2D eigenvalue weighted by Crippen LogP contribution is 2.25. The summed E-state index contributed by atoms with van der Waals surface area (Å²) >= 11 is 6.23. The third kappa shape index (κ3) is 8.71. The maximum absolute atomic E-state index is 12.0. The lowest BCUT2D eigenvalue weighted by Gasteiger charge is -2.25. The Morgan fingerprint density at radius 3 is 2.57 bits per heavy atom. The molecule has 1 aliphatic rings. The van der Waals surface area contributed by atoms with Gasteiger partial charge in [-0.05, 0) is 42.9 Å². The van der Waals surface area contributed by atoms with Crippen LogP contribution in [0.1, 0.15) is 24.8 Å². The molecule has 0 unspecified atom stereocenters. The molecule has 0 heterocycles. The Balaban J connectivity index is 0.00000392. The average molecular weight is 545 g/mol. The lowest BCUT2D eigenvalue weighted by Crippen LogP contribution is -2.42. The molecule has 7 nitrogen and oxygen atoms in total. The molecule has 1 fully saturated rings. The van der Waals surface area contributed by atoms with Crippen LogP contribution in [-0.2, 0) is 16.4 Å². The first-order chi connectivity index (χ1) is 12.9. The van der Waals surface area contributed by atoms with Gasteiger partial charge in [0.05, 0.1) is 12.9 Å². The third-order valence-electron chi connectivity index (χ3n) is 4.65. The Bertz CT molecular complexity index is 742. The molecular formula is C18H30ClIN4O3S. The smallest absolute Gasteiger partial charge is 0.213 e. The molecular weight excluding hydrogens is 515 g/mol. The van der Waals surface area contributed by atoms with Crippen LogP contribution in [0, 0.1) is 5.92 Å². The second kappa shape index (κ2) is 12.7. The minimum absolute atomic E-state index is 0. The Labute approximate surface area is 190 Å². The van der Waals surface area contributed by atoms with Crippen LogP contribution in [0.2, 0.25) is 5.02 Å². The number of benzene rings is 1. The topological polar surface area (TPSA) is 91.8 Å². The van der Waals surface area contributed by atoms with Gasteiger partial charge in [0.15, 0.2) is 5.96 Å². The number of rotatable bonds is 10. The molecule has 0 bridgehead atoms. The van der Waals surface area contributed by atoms with Crippen LogP contribution in [0.5, 0.6) is 5.75 Å². The van der Waals surface area contributed by atoms with E-state index in [1.54, 1.807) is 20.2 Å². The highest BCUT2D eigenvalue weighted by atomic mass is 127. The standard InChI is InChI=1S/C18H29ClN4O3S.HI/c1-20-18(21-9-8-15-6-7-16(26-2)12-17(15)19)22-10-11-27(24,25)23-13-14-4-3-5-14;/h6-7,12,14,23H,3-5,8-11,13H2,1-2H3,(H2,20,21,22);1H. The van der Waals surface area contributed by atoms with E-state index in [2.05, 4.69) is 20.3 Å². The molecule has 0 amide bonds. The van der Waals surface area contributed by atoms with Gasteiger partial charge in [-0.1, -0.05) is 24.1 Å². The number of hydrogen-bond acceptors (Lipinski definition) is 4. The Morgan fingerprint density at radius 2 is 2.00 bits per heavy atom. The predicted octanol–water partition coefficient (Wildman–Crippen LogP) is 2.39. The van der Waals surface area contributed by atoms with E-state index in [0.29, 0.717) is 43.0 Å². The Kier molecular flexibility index (Phi) is 11.5. The van der Waals surface area contributed by atoms with Gasteiger partial charge in [0.2, 0.25) is 10.0 Å². The number of methoxy groups -OCH3 is 1. The number of sulfonamides is 1. The number of nitrogens with zero attached hydrogens (tertiary/aromatic N) is 1. The number of guanidine groups is 1. The van der Waals surface area contributed by atoms with E-state index in [1.165, 1.54) is 6.42 Å². The van der Waals surface area contributed by atoms with E-state index in [1.807, 2.05) is 12.1 Å². The quantitative estimate of drug-likeness (QED) is 0.239. The van der Waals surface area contributed by atoms with Crippen LogP contribution in [-0.4, -0.2) is 53.9 Å². The molecule has 1 aromatic rings. The largest absolute Gasteiger partial charge is 0.497 e. The monoisotopic (exact) mass is 544 g/mol. The summed E-state index contributed by atoms with van der Waals surface area (Å²) in [6.45, 7) is 1.47. The third-order valence-corrected chi connectivity index (χ3v) is 6.35. The van der Waals surface area contributed by atoms with Gasteiger partial charge in [0.1, 0.15) is 5.75 Å². The Hall–Kier alpha value is -0.780. The molecule has 0 aliphatic heterocycles. The summed E-state index contributed by atoms with van der Waals surface area (Å²) in [5.74, 6) is 1.81. The number of ether oxygens (including phenoxy) is 1. The van der Waals surface area contributed by atoms with Crippen molar-refractivity contribution in [1.29, 1.82) is 0 Å². The lowest BCUT2D eigenvalue weighted by atomic mass is 9.86. The second-order valence-corrected chi connectivity index (χ2v) is 8.93. The van der Waals surface area contributed by atoms with E-state index in [4.69, 9.17) is 16.3 Å². The molecule has 3 N–H and O–H groups in total. The number of hydrogen-bond donors (Lipinski definition) is 3. The SMILES string of the molecule is CN=C(NCCc1ccc(OC)cc1Cl)NCCS(=O)(=O)NCC1CCC1.I. The van der Waals surface area contributed by atoms with Crippen LogP contribution in [0.4, 0.5) is 0 Å². The fraction of sp³-hybridized carbons (Fsp3) is 0.611. The summed E-state index contributed by atoms with van der Waals surface area (Å²) in [6, 6.07) is 5.58. The van der Waals surface area contributed by atoms with Crippen molar-refractivity contribution < 1.29 is 13.2 Å². The predicted molar refractivity (Wildman–Crippen MR) is 126 cm³/mol. The van der Waals surface area contributed by atoms with Gasteiger partial charge in [0.25, 0.3) is 0 Å².